The zero-order chi connectivity index (χ0) is 26.1. The highest BCUT2D eigenvalue weighted by Gasteiger charge is 2.44. The number of aliphatic hydroxyl groups is 2. The van der Waals surface area contributed by atoms with Crippen molar-refractivity contribution in [2.45, 2.75) is 57.9 Å². The Balaban J connectivity index is 2.12. The van der Waals surface area contributed by atoms with Crippen molar-refractivity contribution in [2.75, 3.05) is 6.54 Å². The number of primary amides is 1. The van der Waals surface area contributed by atoms with Gasteiger partial charge in [0.2, 0.25) is 0 Å². The van der Waals surface area contributed by atoms with Gasteiger partial charge in [-0.15, -0.1) is 0 Å². The quantitative estimate of drug-likeness (QED) is 0.427. The highest BCUT2D eigenvalue weighted by molar-refractivity contribution is 6.31. The second-order valence-electron chi connectivity index (χ2n) is 9.95. The summed E-state index contributed by atoms with van der Waals surface area (Å²) in [4.78, 5) is 40.8. The van der Waals surface area contributed by atoms with Crippen LogP contribution in [0.3, 0.4) is 0 Å². The largest absolute Gasteiger partial charge is 0.383 e. The van der Waals surface area contributed by atoms with Crippen LogP contribution >= 0.6 is 11.6 Å². The molecule has 0 aliphatic carbocycles. The first-order valence-corrected chi connectivity index (χ1v) is 11.8. The Bertz CT molecular complexity index is 1130. The van der Waals surface area contributed by atoms with E-state index in [0.29, 0.717) is 19.4 Å². The van der Waals surface area contributed by atoms with E-state index in [9.17, 15) is 24.6 Å². The molecule has 8 nitrogen and oxygen atoms in total. The molecule has 1 fully saturated rings. The van der Waals surface area contributed by atoms with Crippen LogP contribution in [0.5, 0.6) is 0 Å². The monoisotopic (exact) mass is 501 g/mol. The minimum atomic E-state index is -2.29. The summed E-state index contributed by atoms with van der Waals surface area (Å²) in [7, 11) is 0. The van der Waals surface area contributed by atoms with E-state index < -0.39 is 40.8 Å². The van der Waals surface area contributed by atoms with Crippen LogP contribution in [0, 0.1) is 5.41 Å². The summed E-state index contributed by atoms with van der Waals surface area (Å²) in [5, 5.41) is 22.2. The number of hydrogen-bond donors (Lipinski definition) is 4. The van der Waals surface area contributed by atoms with E-state index in [1.807, 2.05) is 0 Å². The lowest BCUT2D eigenvalue weighted by molar-refractivity contribution is -0.145. The molecule has 3 atom stereocenters. The van der Waals surface area contributed by atoms with E-state index in [0.717, 1.165) is 0 Å². The van der Waals surface area contributed by atoms with Gasteiger partial charge in [-0.1, -0.05) is 62.7 Å². The smallest absolute Gasteiger partial charge is 0.258 e. The van der Waals surface area contributed by atoms with Gasteiger partial charge in [0.15, 0.2) is 11.4 Å². The molecule has 0 bridgehead atoms. The predicted molar refractivity (Wildman–Crippen MR) is 133 cm³/mol. The molecule has 1 aliphatic rings. The van der Waals surface area contributed by atoms with Crippen molar-refractivity contribution in [2.24, 2.45) is 16.9 Å². The number of benzene rings is 2. The van der Waals surface area contributed by atoms with Crippen LogP contribution in [0.4, 0.5) is 0 Å². The maximum absolute atomic E-state index is 13.8. The van der Waals surface area contributed by atoms with Crippen LogP contribution < -0.4 is 11.5 Å². The van der Waals surface area contributed by atoms with Gasteiger partial charge in [-0.2, -0.15) is 0 Å². The maximum atomic E-state index is 13.8. The number of nitrogens with zero attached hydrogens (tertiary/aromatic N) is 1. The summed E-state index contributed by atoms with van der Waals surface area (Å²) in [5.74, 6) is -2.01. The summed E-state index contributed by atoms with van der Waals surface area (Å²) < 4.78 is 0. The Morgan fingerprint density at radius 1 is 1.17 bits per heavy atom. The number of rotatable bonds is 7. The maximum Gasteiger partial charge on any atom is 0.258 e. The van der Waals surface area contributed by atoms with Crippen LogP contribution in [0.25, 0.3) is 0 Å². The summed E-state index contributed by atoms with van der Waals surface area (Å²) >= 11 is 6.36. The third kappa shape index (κ3) is 4.97. The summed E-state index contributed by atoms with van der Waals surface area (Å²) in [6, 6.07) is 10.0. The van der Waals surface area contributed by atoms with Crippen LogP contribution in [-0.2, 0) is 21.7 Å². The molecule has 1 heterocycles. The third-order valence-corrected chi connectivity index (χ3v) is 6.73. The number of amides is 2. The van der Waals surface area contributed by atoms with Crippen molar-refractivity contribution < 1.29 is 24.6 Å². The summed E-state index contributed by atoms with van der Waals surface area (Å²) in [6.07, 6.45) is -0.302. The molecule has 1 unspecified atom stereocenters. The Labute approximate surface area is 209 Å². The Kier molecular flexibility index (Phi) is 7.71. The first kappa shape index (κ1) is 26.8. The molecule has 3 rings (SSSR count). The Morgan fingerprint density at radius 2 is 1.80 bits per heavy atom. The zero-order valence-electron chi connectivity index (χ0n) is 20.1. The fraction of sp³-hybridized carbons (Fsp3) is 0.423. The first-order chi connectivity index (χ1) is 16.3. The molecular formula is C26H32ClN3O5. The van der Waals surface area contributed by atoms with Crippen molar-refractivity contribution in [3.8, 4) is 0 Å². The number of aliphatic hydroxyl groups excluding tert-OH is 1. The topological polar surface area (TPSA) is 147 Å². The van der Waals surface area contributed by atoms with E-state index in [1.165, 1.54) is 17.0 Å². The summed E-state index contributed by atoms with van der Waals surface area (Å²) in [5.41, 5.74) is 9.22. The van der Waals surface area contributed by atoms with Crippen molar-refractivity contribution >= 4 is 29.2 Å². The van der Waals surface area contributed by atoms with Gasteiger partial charge >= 0.3 is 0 Å². The van der Waals surface area contributed by atoms with Crippen molar-refractivity contribution in [3.63, 3.8) is 0 Å². The molecule has 2 aromatic rings. The second kappa shape index (κ2) is 10.1. The lowest BCUT2D eigenvalue weighted by Crippen LogP contribution is -2.49. The first-order valence-electron chi connectivity index (χ1n) is 11.5. The molecule has 0 aromatic heterocycles. The predicted octanol–water partition coefficient (Wildman–Crippen LogP) is 2.10. The van der Waals surface area contributed by atoms with E-state index in [4.69, 9.17) is 23.1 Å². The van der Waals surface area contributed by atoms with Gasteiger partial charge in [-0.3, -0.25) is 14.4 Å². The molecule has 188 valence electrons. The number of hydrogen-bond acceptors (Lipinski definition) is 6. The number of carbonyl (C=O) groups is 3. The molecular weight excluding hydrogens is 470 g/mol. The lowest BCUT2D eigenvalue weighted by Gasteiger charge is -2.33. The average Bonchev–Trinajstić information content (AvgIpc) is 3.31. The third-order valence-electron chi connectivity index (χ3n) is 6.51. The van der Waals surface area contributed by atoms with Gasteiger partial charge < -0.3 is 26.6 Å². The Morgan fingerprint density at radius 3 is 2.34 bits per heavy atom. The fourth-order valence-corrected chi connectivity index (χ4v) is 4.74. The van der Waals surface area contributed by atoms with Gasteiger partial charge in [-0.05, 0) is 41.5 Å². The number of carbonyl (C=O) groups excluding carboxylic acids is 3. The number of nitrogens with two attached hydrogens (primary N) is 2. The lowest BCUT2D eigenvalue weighted by atomic mass is 9.80. The van der Waals surface area contributed by atoms with Gasteiger partial charge in [-0.25, -0.2) is 0 Å². The number of Topliss-reactive ketones (excluding diaryl/α,β-unsaturated/α-hetero) is 1. The highest BCUT2D eigenvalue weighted by atomic mass is 35.5. The molecule has 1 aliphatic heterocycles. The number of likely N-dealkylation sites (tertiary alicyclic amines) is 1. The molecule has 0 saturated carbocycles. The molecule has 2 amide bonds. The van der Waals surface area contributed by atoms with Crippen LogP contribution in [-0.4, -0.2) is 51.4 Å². The van der Waals surface area contributed by atoms with E-state index in [1.54, 1.807) is 51.1 Å². The van der Waals surface area contributed by atoms with Crippen molar-refractivity contribution in [1.29, 1.82) is 0 Å². The zero-order valence-corrected chi connectivity index (χ0v) is 20.9. The number of halogens is 1. The van der Waals surface area contributed by atoms with Crippen molar-refractivity contribution in [3.05, 3.63) is 69.7 Å². The van der Waals surface area contributed by atoms with E-state index in [-0.39, 0.29) is 33.8 Å². The molecule has 1 saturated heterocycles. The normalized spacial score (nSPS) is 18.7. The molecule has 0 spiro atoms. The fourth-order valence-electron chi connectivity index (χ4n) is 4.52. The van der Waals surface area contributed by atoms with E-state index >= 15 is 0 Å². The molecule has 35 heavy (non-hydrogen) atoms. The highest BCUT2D eigenvalue weighted by Crippen LogP contribution is 2.37. The average molecular weight is 502 g/mol. The molecule has 2 aromatic carbocycles. The van der Waals surface area contributed by atoms with Gasteiger partial charge in [0, 0.05) is 29.2 Å². The molecule has 9 heteroatoms. The Hall–Kier alpha value is -2.78. The van der Waals surface area contributed by atoms with Crippen LogP contribution in [0.2, 0.25) is 5.02 Å². The van der Waals surface area contributed by atoms with Gasteiger partial charge in [0.05, 0.1) is 6.04 Å². The van der Waals surface area contributed by atoms with Crippen LogP contribution in [0.15, 0.2) is 42.5 Å². The minimum absolute atomic E-state index is 0.0140. The van der Waals surface area contributed by atoms with E-state index in [2.05, 4.69) is 0 Å². The second-order valence-corrected chi connectivity index (χ2v) is 10.4. The van der Waals surface area contributed by atoms with Gasteiger partial charge in [0.1, 0.15) is 6.10 Å². The minimum Gasteiger partial charge on any atom is -0.383 e. The van der Waals surface area contributed by atoms with Gasteiger partial charge in [0.25, 0.3) is 11.8 Å². The molecule has 0 radical (unpaired) electrons. The summed E-state index contributed by atoms with van der Waals surface area (Å²) in [6.45, 7) is 5.36. The SMILES string of the molecule is CC(C)(C)[C@@H](O)C(=O)N1CCC[C@H]1C(=O)c1cc(Cl)cc(C(O)(C(N)=O)c2ccccc2)c1CN. The molecule has 6 N–H and O–H groups in total. The van der Waals surface area contributed by atoms with Crippen LogP contribution in [0.1, 0.15) is 60.7 Å². The number of ketones is 1. The standard InChI is InChI=1S/C26H32ClN3O5/c1-25(2,3)22(32)23(33)30-11-7-10-20(30)21(31)17-12-16(27)13-19(18(17)14-28)26(35,24(29)34)15-8-5-4-6-9-15/h4-6,8-9,12-13,20,22,32,35H,7,10-11,14,28H2,1-3H3,(H2,29,34)/t20-,22-,26?/m0/s1. The van der Waals surface area contributed by atoms with Crippen molar-refractivity contribution in [1.82, 2.24) is 4.90 Å².